The zero-order chi connectivity index (χ0) is 14.7. The third kappa shape index (κ3) is 3.36. The first-order valence-corrected chi connectivity index (χ1v) is 8.39. The molecule has 0 saturated carbocycles. The summed E-state index contributed by atoms with van der Waals surface area (Å²) in [5.41, 5.74) is 1.33. The van der Waals surface area contributed by atoms with Gasteiger partial charge in [-0.25, -0.2) is 0 Å². The summed E-state index contributed by atoms with van der Waals surface area (Å²) in [5.74, 6) is 0. The van der Waals surface area contributed by atoms with Crippen LogP contribution < -0.4 is 5.32 Å². The normalized spacial score (nSPS) is 12.9. The molecule has 0 aliphatic heterocycles. The molecule has 110 valence electrons. The molecule has 2 nitrogen and oxygen atoms in total. The van der Waals surface area contributed by atoms with Crippen molar-refractivity contribution in [3.05, 3.63) is 58.4 Å². The van der Waals surface area contributed by atoms with Crippen LogP contribution in [0.25, 0.3) is 10.9 Å². The Morgan fingerprint density at radius 2 is 2.00 bits per heavy atom. The summed E-state index contributed by atoms with van der Waals surface area (Å²) in [6, 6.07) is 15.6. The van der Waals surface area contributed by atoms with Gasteiger partial charge < -0.3 is 9.88 Å². The van der Waals surface area contributed by atoms with Crippen molar-refractivity contribution in [3.8, 4) is 0 Å². The summed E-state index contributed by atoms with van der Waals surface area (Å²) in [4.78, 5) is 2.82. The van der Waals surface area contributed by atoms with Gasteiger partial charge >= 0.3 is 0 Å². The zero-order valence-corrected chi connectivity index (χ0v) is 13.5. The third-order valence-corrected chi connectivity index (χ3v) is 5.08. The number of nitrogens with one attached hydrogen (secondary N) is 1. The molecule has 0 fully saturated rings. The third-order valence-electron chi connectivity index (χ3n) is 3.89. The maximum absolute atomic E-state index is 3.62. The summed E-state index contributed by atoms with van der Waals surface area (Å²) < 4.78 is 2.34. The molecule has 0 spiro atoms. The zero-order valence-electron chi connectivity index (χ0n) is 12.7. The molecule has 3 aromatic rings. The number of hydrogen-bond acceptors (Lipinski definition) is 2. The van der Waals surface area contributed by atoms with E-state index in [1.54, 1.807) is 0 Å². The maximum Gasteiger partial charge on any atom is 0.0480 e. The predicted molar refractivity (Wildman–Crippen MR) is 92.0 cm³/mol. The Kier molecular flexibility index (Phi) is 4.42. The summed E-state index contributed by atoms with van der Waals surface area (Å²) in [6.07, 6.45) is 3.34. The smallest absolute Gasteiger partial charge is 0.0480 e. The van der Waals surface area contributed by atoms with Crippen molar-refractivity contribution in [1.29, 1.82) is 0 Å². The minimum absolute atomic E-state index is 0.449. The quantitative estimate of drug-likeness (QED) is 0.650. The second-order valence-corrected chi connectivity index (χ2v) is 6.87. The number of nitrogens with zero attached hydrogens (tertiary/aromatic N) is 1. The van der Waals surface area contributed by atoms with Gasteiger partial charge in [-0.3, -0.25) is 0 Å². The van der Waals surface area contributed by atoms with E-state index in [1.807, 2.05) is 11.3 Å². The van der Waals surface area contributed by atoms with E-state index in [4.69, 9.17) is 0 Å². The van der Waals surface area contributed by atoms with Crippen LogP contribution in [0.2, 0.25) is 0 Å². The number of rotatable bonds is 6. The average Bonchev–Trinajstić information content (AvgIpc) is 3.10. The maximum atomic E-state index is 3.62. The minimum atomic E-state index is 0.449. The van der Waals surface area contributed by atoms with E-state index in [0.29, 0.717) is 6.04 Å². The lowest BCUT2D eigenvalue weighted by Crippen LogP contribution is -2.20. The minimum Gasteiger partial charge on any atom is -0.347 e. The summed E-state index contributed by atoms with van der Waals surface area (Å²) in [5, 5.41) is 4.95. The number of para-hydroxylation sites is 1. The molecule has 2 aromatic heterocycles. The first kappa shape index (κ1) is 14.4. The van der Waals surface area contributed by atoms with Crippen molar-refractivity contribution in [1.82, 2.24) is 9.88 Å². The number of thiophene rings is 1. The highest BCUT2D eigenvalue weighted by Gasteiger charge is 2.06. The van der Waals surface area contributed by atoms with Gasteiger partial charge in [0, 0.05) is 34.1 Å². The van der Waals surface area contributed by atoms with E-state index in [1.165, 1.54) is 20.7 Å². The van der Waals surface area contributed by atoms with Crippen LogP contribution in [0.1, 0.15) is 29.1 Å². The molecule has 1 atom stereocenters. The van der Waals surface area contributed by atoms with Crippen LogP contribution in [0.15, 0.2) is 48.7 Å². The lowest BCUT2D eigenvalue weighted by molar-refractivity contribution is 0.536. The highest BCUT2D eigenvalue weighted by Crippen LogP contribution is 2.22. The van der Waals surface area contributed by atoms with Crippen molar-refractivity contribution in [2.45, 2.75) is 32.9 Å². The second kappa shape index (κ2) is 6.46. The monoisotopic (exact) mass is 298 g/mol. The van der Waals surface area contributed by atoms with Crippen LogP contribution in [-0.4, -0.2) is 11.1 Å². The van der Waals surface area contributed by atoms with E-state index in [2.05, 4.69) is 72.4 Å². The average molecular weight is 298 g/mol. The molecule has 2 heterocycles. The van der Waals surface area contributed by atoms with Gasteiger partial charge in [-0.2, -0.15) is 0 Å². The van der Waals surface area contributed by atoms with Crippen LogP contribution in [0.5, 0.6) is 0 Å². The summed E-state index contributed by atoms with van der Waals surface area (Å²) in [7, 11) is 0. The number of aryl methyl sites for hydroxylation is 2. The largest absolute Gasteiger partial charge is 0.347 e. The predicted octanol–water partition coefficient (Wildman–Crippen LogP) is 4.75. The Morgan fingerprint density at radius 1 is 1.14 bits per heavy atom. The Morgan fingerprint density at radius 3 is 2.81 bits per heavy atom. The van der Waals surface area contributed by atoms with Gasteiger partial charge in [-0.1, -0.05) is 18.2 Å². The standard InChI is InChI=1S/C18H22N2S/c1-14-8-9-18(21-14)15(2)19-11-5-12-20-13-10-16-6-3-4-7-17(16)20/h3-4,6-10,13,15,19H,5,11-12H2,1-2H3. The molecule has 0 aliphatic carbocycles. The first-order valence-electron chi connectivity index (χ1n) is 7.57. The molecule has 1 N–H and O–H groups in total. The van der Waals surface area contributed by atoms with Crippen molar-refractivity contribution >= 4 is 22.2 Å². The summed E-state index contributed by atoms with van der Waals surface area (Å²) >= 11 is 1.89. The van der Waals surface area contributed by atoms with Crippen molar-refractivity contribution < 1.29 is 0 Å². The van der Waals surface area contributed by atoms with Gasteiger partial charge in [0.15, 0.2) is 0 Å². The summed E-state index contributed by atoms with van der Waals surface area (Å²) in [6.45, 7) is 6.52. The Balaban J connectivity index is 1.50. The van der Waals surface area contributed by atoms with Crippen LogP contribution in [0.4, 0.5) is 0 Å². The molecule has 0 radical (unpaired) electrons. The van der Waals surface area contributed by atoms with Crippen molar-refractivity contribution in [3.63, 3.8) is 0 Å². The molecule has 0 bridgehead atoms. The fraction of sp³-hybridized carbons (Fsp3) is 0.333. The molecule has 0 amide bonds. The van der Waals surface area contributed by atoms with Crippen LogP contribution in [-0.2, 0) is 6.54 Å². The Labute approximate surface area is 130 Å². The molecule has 3 heteroatoms. The second-order valence-electron chi connectivity index (χ2n) is 5.55. The van der Waals surface area contributed by atoms with Crippen molar-refractivity contribution in [2.24, 2.45) is 0 Å². The van der Waals surface area contributed by atoms with E-state index in [0.717, 1.165) is 19.5 Å². The topological polar surface area (TPSA) is 17.0 Å². The number of hydrogen-bond donors (Lipinski definition) is 1. The van der Waals surface area contributed by atoms with E-state index >= 15 is 0 Å². The number of fused-ring (bicyclic) bond motifs is 1. The van der Waals surface area contributed by atoms with E-state index in [-0.39, 0.29) is 0 Å². The SMILES string of the molecule is Cc1ccc(C(C)NCCCn2ccc3ccccc32)s1. The first-order chi connectivity index (χ1) is 10.2. The van der Waals surface area contributed by atoms with Crippen LogP contribution >= 0.6 is 11.3 Å². The lowest BCUT2D eigenvalue weighted by Gasteiger charge is -2.12. The molecule has 1 aromatic carbocycles. The Hall–Kier alpha value is -1.58. The van der Waals surface area contributed by atoms with Gasteiger partial charge in [0.1, 0.15) is 0 Å². The highest BCUT2D eigenvalue weighted by atomic mass is 32.1. The molecular formula is C18H22N2S. The van der Waals surface area contributed by atoms with Crippen LogP contribution in [0.3, 0.4) is 0 Å². The van der Waals surface area contributed by atoms with Gasteiger partial charge in [-0.15, -0.1) is 11.3 Å². The molecule has 0 saturated heterocycles. The number of aromatic nitrogens is 1. The highest BCUT2D eigenvalue weighted by molar-refractivity contribution is 7.12. The molecule has 3 rings (SSSR count). The fourth-order valence-corrected chi connectivity index (χ4v) is 3.59. The molecule has 21 heavy (non-hydrogen) atoms. The van der Waals surface area contributed by atoms with E-state index in [9.17, 15) is 0 Å². The molecule has 0 aliphatic rings. The lowest BCUT2D eigenvalue weighted by atomic mass is 10.2. The van der Waals surface area contributed by atoms with Gasteiger partial charge in [-0.05, 0) is 56.5 Å². The molecule has 1 unspecified atom stereocenters. The van der Waals surface area contributed by atoms with E-state index < -0.39 is 0 Å². The Bertz CT molecular complexity index is 711. The fourth-order valence-electron chi connectivity index (χ4n) is 2.69. The van der Waals surface area contributed by atoms with Crippen molar-refractivity contribution in [2.75, 3.05) is 6.54 Å². The molecular weight excluding hydrogens is 276 g/mol. The van der Waals surface area contributed by atoms with Gasteiger partial charge in [0.25, 0.3) is 0 Å². The number of benzene rings is 1. The van der Waals surface area contributed by atoms with Gasteiger partial charge in [0.2, 0.25) is 0 Å². The van der Waals surface area contributed by atoms with Crippen LogP contribution in [0, 0.1) is 6.92 Å². The van der Waals surface area contributed by atoms with Gasteiger partial charge in [0.05, 0.1) is 0 Å².